The van der Waals surface area contributed by atoms with Crippen molar-refractivity contribution in [2.75, 3.05) is 6.54 Å². The van der Waals surface area contributed by atoms with Gasteiger partial charge in [0.25, 0.3) is 0 Å². The number of sulfonamides is 1. The molecule has 0 saturated carbocycles. The summed E-state index contributed by atoms with van der Waals surface area (Å²) < 4.78 is 66.9. The number of hydrogen-bond acceptors (Lipinski definition) is 2. The molecule has 156 valence electrons. The van der Waals surface area contributed by atoms with E-state index in [-0.39, 0.29) is 11.4 Å². The van der Waals surface area contributed by atoms with Crippen LogP contribution in [0.2, 0.25) is 0 Å². The van der Waals surface area contributed by atoms with Crippen LogP contribution in [0.15, 0.2) is 83.8 Å². The lowest BCUT2D eigenvalue weighted by Crippen LogP contribution is -2.25. The first-order valence-electron chi connectivity index (χ1n) is 9.15. The largest absolute Gasteiger partial charge is 0.416 e. The Morgan fingerprint density at radius 2 is 1.60 bits per heavy atom. The van der Waals surface area contributed by atoms with E-state index in [1.54, 1.807) is 48.5 Å². The van der Waals surface area contributed by atoms with Gasteiger partial charge in [-0.2, -0.15) is 13.2 Å². The van der Waals surface area contributed by atoms with Gasteiger partial charge < -0.3 is 0 Å². The molecule has 0 aliphatic carbocycles. The summed E-state index contributed by atoms with van der Waals surface area (Å²) in [5.41, 5.74) is 1.76. The number of nitrogens with one attached hydrogen (secondary N) is 1. The highest BCUT2D eigenvalue weighted by molar-refractivity contribution is 7.89. The summed E-state index contributed by atoms with van der Waals surface area (Å²) >= 11 is 0. The molecule has 0 amide bonds. The van der Waals surface area contributed by atoms with Crippen LogP contribution in [0.1, 0.15) is 22.3 Å². The fraction of sp³-hybridized carbons (Fsp3) is 0.130. The lowest BCUT2D eigenvalue weighted by atomic mass is 10.0. The average Bonchev–Trinajstić information content (AvgIpc) is 2.72. The molecule has 0 radical (unpaired) electrons. The second-order valence-corrected chi connectivity index (χ2v) is 8.56. The third-order valence-electron chi connectivity index (χ3n) is 4.48. The van der Waals surface area contributed by atoms with E-state index >= 15 is 0 Å². The molecule has 0 heterocycles. The quantitative estimate of drug-likeness (QED) is 0.522. The summed E-state index contributed by atoms with van der Waals surface area (Å²) in [6.45, 7) is 1.78. The van der Waals surface area contributed by atoms with Crippen LogP contribution < -0.4 is 4.72 Å². The van der Waals surface area contributed by atoms with Gasteiger partial charge >= 0.3 is 6.18 Å². The van der Waals surface area contributed by atoms with Crippen LogP contribution in [0.4, 0.5) is 13.2 Å². The zero-order valence-electron chi connectivity index (χ0n) is 16.1. The van der Waals surface area contributed by atoms with Gasteiger partial charge in [-0.25, -0.2) is 13.1 Å². The van der Waals surface area contributed by atoms with Crippen molar-refractivity contribution in [1.29, 1.82) is 0 Å². The summed E-state index contributed by atoms with van der Waals surface area (Å²) in [5, 5.41) is 0. The first kappa shape index (κ1) is 21.8. The summed E-state index contributed by atoms with van der Waals surface area (Å²) in [7, 11) is -3.77. The van der Waals surface area contributed by atoms with E-state index in [4.69, 9.17) is 0 Å². The van der Waals surface area contributed by atoms with Crippen LogP contribution in [0.5, 0.6) is 0 Å². The van der Waals surface area contributed by atoms with Gasteiger partial charge in [0.05, 0.1) is 10.5 Å². The van der Waals surface area contributed by atoms with E-state index in [0.717, 1.165) is 17.7 Å². The van der Waals surface area contributed by atoms with Crippen LogP contribution in [0.3, 0.4) is 0 Å². The highest BCUT2D eigenvalue weighted by Gasteiger charge is 2.30. The number of alkyl halides is 3. The highest BCUT2D eigenvalue weighted by atomic mass is 32.2. The van der Waals surface area contributed by atoms with E-state index < -0.39 is 21.8 Å². The summed E-state index contributed by atoms with van der Waals surface area (Å²) in [5.74, 6) is 0. The molecule has 30 heavy (non-hydrogen) atoms. The van der Waals surface area contributed by atoms with Gasteiger partial charge in [-0.3, -0.25) is 0 Å². The summed E-state index contributed by atoms with van der Waals surface area (Å²) in [6, 6.07) is 20.3. The van der Waals surface area contributed by atoms with Crippen molar-refractivity contribution < 1.29 is 21.6 Å². The van der Waals surface area contributed by atoms with E-state index in [2.05, 4.69) is 4.72 Å². The zero-order chi connectivity index (χ0) is 21.8. The van der Waals surface area contributed by atoms with E-state index in [0.29, 0.717) is 16.7 Å². The van der Waals surface area contributed by atoms with Crippen molar-refractivity contribution in [3.63, 3.8) is 0 Å². The van der Waals surface area contributed by atoms with Crippen LogP contribution in [-0.2, 0) is 16.2 Å². The molecule has 0 saturated heterocycles. The van der Waals surface area contributed by atoms with Crippen molar-refractivity contribution >= 4 is 21.7 Å². The Balaban J connectivity index is 1.93. The van der Waals surface area contributed by atoms with Crippen molar-refractivity contribution in [3.05, 3.63) is 101 Å². The maximum Gasteiger partial charge on any atom is 0.416 e. The van der Waals surface area contributed by atoms with E-state index in [9.17, 15) is 21.6 Å². The molecule has 3 rings (SSSR count). The Morgan fingerprint density at radius 1 is 0.933 bits per heavy atom. The highest BCUT2D eigenvalue weighted by Crippen LogP contribution is 2.30. The predicted octanol–water partition coefficient (Wildman–Crippen LogP) is 5.53. The maximum atomic E-state index is 13.0. The normalized spacial score (nSPS) is 12.7. The Kier molecular flexibility index (Phi) is 6.43. The minimum absolute atomic E-state index is 0.0729. The zero-order valence-corrected chi connectivity index (χ0v) is 17.0. The first-order chi connectivity index (χ1) is 14.1. The van der Waals surface area contributed by atoms with Crippen molar-refractivity contribution in [1.82, 2.24) is 4.72 Å². The molecule has 0 atom stereocenters. The van der Waals surface area contributed by atoms with Gasteiger partial charge in [-0.1, -0.05) is 60.2 Å². The minimum atomic E-state index is -4.45. The minimum Gasteiger partial charge on any atom is -0.207 e. The fourth-order valence-corrected chi connectivity index (χ4v) is 3.87. The van der Waals surface area contributed by atoms with Gasteiger partial charge in [-0.15, -0.1) is 0 Å². The van der Waals surface area contributed by atoms with Crippen LogP contribution >= 0.6 is 0 Å². The third-order valence-corrected chi connectivity index (χ3v) is 5.90. The number of rotatable bonds is 6. The Bertz CT molecular complexity index is 1140. The van der Waals surface area contributed by atoms with E-state index in [1.165, 1.54) is 18.2 Å². The van der Waals surface area contributed by atoms with Gasteiger partial charge in [0.1, 0.15) is 0 Å². The third kappa shape index (κ3) is 5.58. The van der Waals surface area contributed by atoms with Crippen molar-refractivity contribution in [3.8, 4) is 0 Å². The number of aryl methyl sites for hydroxylation is 1. The topological polar surface area (TPSA) is 46.2 Å². The molecule has 3 aromatic carbocycles. The fourth-order valence-electron chi connectivity index (χ4n) is 2.87. The van der Waals surface area contributed by atoms with Crippen LogP contribution in [0, 0.1) is 6.92 Å². The number of hydrogen-bond donors (Lipinski definition) is 1. The lowest BCUT2D eigenvalue weighted by molar-refractivity contribution is -0.137. The smallest absolute Gasteiger partial charge is 0.207 e. The summed E-state index contributed by atoms with van der Waals surface area (Å²) in [4.78, 5) is 0.125. The molecule has 0 fully saturated rings. The monoisotopic (exact) mass is 431 g/mol. The molecule has 0 unspecified atom stereocenters. The molecular formula is C23H20F3NO2S. The molecule has 1 N–H and O–H groups in total. The Morgan fingerprint density at radius 3 is 2.23 bits per heavy atom. The SMILES string of the molecule is Cc1ccc(S(=O)(=O)NC/C(=C/c2cccc(C(F)(F)F)c2)c2ccccc2)cc1. The predicted molar refractivity (Wildman–Crippen MR) is 112 cm³/mol. The first-order valence-corrected chi connectivity index (χ1v) is 10.6. The molecule has 0 bridgehead atoms. The Hall–Kier alpha value is -2.90. The molecule has 0 spiro atoms. The van der Waals surface area contributed by atoms with Gasteiger partial charge in [-0.05, 0) is 54.0 Å². The van der Waals surface area contributed by atoms with E-state index in [1.807, 2.05) is 13.0 Å². The van der Waals surface area contributed by atoms with Gasteiger partial charge in [0.2, 0.25) is 10.0 Å². The summed E-state index contributed by atoms with van der Waals surface area (Å²) in [6.07, 6.45) is -2.90. The molecule has 0 aliphatic heterocycles. The van der Waals surface area contributed by atoms with Crippen molar-refractivity contribution in [2.24, 2.45) is 0 Å². The second kappa shape index (κ2) is 8.85. The van der Waals surface area contributed by atoms with Crippen molar-refractivity contribution in [2.45, 2.75) is 18.0 Å². The molecule has 0 aliphatic rings. The second-order valence-electron chi connectivity index (χ2n) is 6.80. The molecule has 3 aromatic rings. The number of halogens is 3. The Labute approximate surface area is 173 Å². The lowest BCUT2D eigenvalue weighted by Gasteiger charge is -2.12. The molecule has 3 nitrogen and oxygen atoms in total. The molecular weight excluding hydrogens is 411 g/mol. The van der Waals surface area contributed by atoms with Gasteiger partial charge in [0.15, 0.2) is 0 Å². The maximum absolute atomic E-state index is 13.0. The number of benzene rings is 3. The molecule has 0 aromatic heterocycles. The average molecular weight is 431 g/mol. The molecule has 7 heteroatoms. The van der Waals surface area contributed by atoms with Gasteiger partial charge in [0, 0.05) is 6.54 Å². The van der Waals surface area contributed by atoms with Crippen LogP contribution in [0.25, 0.3) is 11.6 Å². The van der Waals surface area contributed by atoms with Crippen LogP contribution in [-0.4, -0.2) is 15.0 Å². The standard InChI is InChI=1S/C23H20F3NO2S/c1-17-10-12-22(13-11-17)30(28,29)27-16-20(19-7-3-2-4-8-19)14-18-6-5-9-21(15-18)23(24,25)26/h2-15,27H,16H2,1H3/b20-14-.